The minimum absolute atomic E-state index is 0.402. The average molecular weight is 849 g/mol. The molecule has 2 heterocycles. The third kappa shape index (κ3) is 6.76. The van der Waals surface area contributed by atoms with E-state index in [2.05, 4.69) is 0 Å². The maximum Gasteiger partial charge on any atom is 0.263 e. The molecule has 1 aromatic heterocycles. The van der Waals surface area contributed by atoms with Gasteiger partial charge >= 0.3 is 0 Å². The lowest BCUT2D eigenvalue weighted by Crippen LogP contribution is -2.32. The van der Waals surface area contributed by atoms with Crippen molar-refractivity contribution in [1.82, 2.24) is 9.55 Å². The second-order valence-corrected chi connectivity index (χ2v) is 14.7. The molecule has 0 spiro atoms. The molecule has 1 aliphatic rings. The molecule has 0 N–H and O–H groups in total. The molecule has 0 saturated carbocycles. The maximum atomic E-state index is 7.29. The van der Waals surface area contributed by atoms with Crippen LogP contribution < -0.4 is 18.9 Å². The molecule has 58 heavy (non-hydrogen) atoms. The Bertz CT molecular complexity index is 2770. The number of aliphatic imine (C=N–C) groups is 2. The predicted octanol–water partition coefficient (Wildman–Crippen LogP) is 12.2. The summed E-state index contributed by atoms with van der Waals surface area (Å²) in [6.07, 6.45) is 0. The van der Waals surface area contributed by atoms with Crippen LogP contribution in [0, 0.1) is 0 Å². The molecule has 8 rings (SSSR count). The summed E-state index contributed by atoms with van der Waals surface area (Å²) in [5.74, 6) is 0.856. The van der Waals surface area contributed by atoms with Crippen molar-refractivity contribution in [1.29, 1.82) is 0 Å². The van der Waals surface area contributed by atoms with Crippen LogP contribution in [0.15, 0.2) is 143 Å². The Hall–Kier alpha value is -5.77. The summed E-state index contributed by atoms with van der Waals surface area (Å²) in [4.78, 5) is 16.8. The quantitative estimate of drug-likeness (QED) is 0.130. The van der Waals surface area contributed by atoms with E-state index in [-0.39, 0.29) is 0 Å². The number of methoxy groups -OCH3 is 4. The van der Waals surface area contributed by atoms with E-state index in [1.165, 1.54) is 0 Å². The van der Waals surface area contributed by atoms with Gasteiger partial charge in [0.15, 0.2) is 23.0 Å². The SMILES string of the molecule is COc1ccc(C2=NC(c3ccccc3Cl)(n3c(-c4ccccc4Cl)nc(-c4ccc(OC)c(OC)c4)c3-c3ccccc3Cl)N=C2c2ccccc2Cl)cc1OC. The smallest absolute Gasteiger partial charge is 0.263 e. The largest absolute Gasteiger partial charge is 0.493 e. The van der Waals surface area contributed by atoms with Gasteiger partial charge in [-0.05, 0) is 66.7 Å². The maximum absolute atomic E-state index is 7.29. The number of benzene rings is 6. The molecule has 6 aromatic carbocycles. The van der Waals surface area contributed by atoms with Crippen LogP contribution in [0.1, 0.15) is 16.7 Å². The number of rotatable bonds is 11. The first-order valence-corrected chi connectivity index (χ1v) is 19.5. The Morgan fingerprint density at radius 2 is 0.931 bits per heavy atom. The second-order valence-electron chi connectivity index (χ2n) is 13.1. The van der Waals surface area contributed by atoms with Crippen molar-refractivity contribution < 1.29 is 18.9 Å². The third-order valence-electron chi connectivity index (χ3n) is 9.87. The van der Waals surface area contributed by atoms with Gasteiger partial charge in [-0.2, -0.15) is 0 Å². The molecular formula is C46H34Cl4N4O4. The third-order valence-corrected chi connectivity index (χ3v) is 11.2. The van der Waals surface area contributed by atoms with Gasteiger partial charge < -0.3 is 18.9 Å². The van der Waals surface area contributed by atoms with Crippen LogP contribution in [0.2, 0.25) is 20.1 Å². The molecule has 12 heteroatoms. The highest BCUT2D eigenvalue weighted by molar-refractivity contribution is 6.56. The molecule has 0 amide bonds. The van der Waals surface area contributed by atoms with E-state index in [4.69, 9.17) is 80.3 Å². The fourth-order valence-electron chi connectivity index (χ4n) is 7.18. The van der Waals surface area contributed by atoms with Gasteiger partial charge in [-0.15, -0.1) is 0 Å². The van der Waals surface area contributed by atoms with Crippen LogP contribution >= 0.6 is 46.4 Å². The highest BCUT2D eigenvalue weighted by atomic mass is 35.5. The normalized spacial score (nSPS) is 14.8. The van der Waals surface area contributed by atoms with Crippen LogP contribution in [0.25, 0.3) is 33.9 Å². The minimum Gasteiger partial charge on any atom is -0.493 e. The Balaban J connectivity index is 1.60. The van der Waals surface area contributed by atoms with Gasteiger partial charge in [0, 0.05) is 38.4 Å². The lowest BCUT2D eigenvalue weighted by Gasteiger charge is -2.30. The van der Waals surface area contributed by atoms with E-state index >= 15 is 0 Å². The van der Waals surface area contributed by atoms with Crippen LogP contribution in [-0.2, 0) is 5.79 Å². The summed E-state index contributed by atoms with van der Waals surface area (Å²) in [5.41, 5.74) is 5.96. The zero-order valence-corrected chi connectivity index (χ0v) is 34.7. The van der Waals surface area contributed by atoms with Crippen molar-refractivity contribution in [3.8, 4) is 56.9 Å². The van der Waals surface area contributed by atoms with Gasteiger partial charge in [-0.1, -0.05) is 113 Å². The van der Waals surface area contributed by atoms with Crippen molar-refractivity contribution in [3.05, 3.63) is 170 Å². The molecule has 0 saturated heterocycles. The lowest BCUT2D eigenvalue weighted by molar-refractivity contribution is 0.355. The van der Waals surface area contributed by atoms with Crippen molar-refractivity contribution >= 4 is 57.8 Å². The summed E-state index contributed by atoms with van der Waals surface area (Å²) >= 11 is 28.6. The zero-order valence-electron chi connectivity index (χ0n) is 31.6. The number of nitrogens with zero attached hydrogens (tertiary/aromatic N) is 4. The molecule has 1 unspecified atom stereocenters. The van der Waals surface area contributed by atoms with E-state index < -0.39 is 5.79 Å². The van der Waals surface area contributed by atoms with E-state index in [0.717, 1.165) is 0 Å². The Morgan fingerprint density at radius 1 is 0.466 bits per heavy atom. The summed E-state index contributed by atoms with van der Waals surface area (Å²) in [6.45, 7) is 0. The molecular weight excluding hydrogens is 814 g/mol. The molecule has 1 atom stereocenters. The van der Waals surface area contributed by atoms with E-state index in [9.17, 15) is 0 Å². The Labute approximate surface area is 355 Å². The van der Waals surface area contributed by atoms with Crippen LogP contribution in [0.4, 0.5) is 0 Å². The summed E-state index contributed by atoms with van der Waals surface area (Å²) in [7, 11) is 6.35. The van der Waals surface area contributed by atoms with Crippen LogP contribution in [0.5, 0.6) is 23.0 Å². The molecule has 0 radical (unpaired) electrons. The van der Waals surface area contributed by atoms with Gasteiger partial charge in [0.2, 0.25) is 0 Å². The first-order valence-electron chi connectivity index (χ1n) is 18.0. The molecule has 1 aliphatic heterocycles. The van der Waals surface area contributed by atoms with Gasteiger partial charge in [0.25, 0.3) is 5.79 Å². The number of halogens is 4. The average Bonchev–Trinajstić information content (AvgIpc) is 3.84. The van der Waals surface area contributed by atoms with Crippen molar-refractivity contribution in [2.75, 3.05) is 28.4 Å². The van der Waals surface area contributed by atoms with Crippen molar-refractivity contribution in [2.45, 2.75) is 5.79 Å². The number of ether oxygens (including phenoxy) is 4. The Kier molecular flexibility index (Phi) is 10.9. The van der Waals surface area contributed by atoms with E-state index in [1.807, 2.05) is 138 Å². The Morgan fingerprint density at radius 3 is 1.48 bits per heavy atom. The summed E-state index contributed by atoms with van der Waals surface area (Å²) in [5, 5.41) is 1.78. The summed E-state index contributed by atoms with van der Waals surface area (Å²) < 4.78 is 24.8. The standard InChI is InChI=1S/C46H34Cl4N4O4/c1-55-37-23-21-27(25-39(37)57-3)41-43(29-13-5-9-17-33(29)47)53-46(52-41,32-16-8-12-20-36(32)50)54-44(30-14-6-10-18-34(30)48)42(28-22-24-38(56-2)40(26-28)58-4)51-45(54)31-15-7-11-19-35(31)49/h5-26H,1-4H3. The van der Waals surface area contributed by atoms with Crippen molar-refractivity contribution in [3.63, 3.8) is 0 Å². The molecule has 0 aliphatic carbocycles. The molecule has 0 fully saturated rings. The van der Waals surface area contributed by atoms with E-state index in [0.29, 0.717) is 105 Å². The number of hydrogen-bond acceptors (Lipinski definition) is 7. The van der Waals surface area contributed by atoms with Crippen LogP contribution in [-0.4, -0.2) is 49.4 Å². The monoisotopic (exact) mass is 846 g/mol. The van der Waals surface area contributed by atoms with Gasteiger partial charge in [-0.25, -0.2) is 15.0 Å². The topological polar surface area (TPSA) is 79.5 Å². The minimum atomic E-state index is -1.69. The fraction of sp³-hybridized carbons (Fsp3) is 0.109. The van der Waals surface area contributed by atoms with Gasteiger partial charge in [-0.3, -0.25) is 4.57 Å². The first kappa shape index (κ1) is 39.1. The van der Waals surface area contributed by atoms with E-state index in [1.54, 1.807) is 28.4 Å². The molecule has 7 aromatic rings. The van der Waals surface area contributed by atoms with Crippen molar-refractivity contribution in [2.24, 2.45) is 9.98 Å². The molecule has 8 nitrogen and oxygen atoms in total. The fourth-order valence-corrected chi connectivity index (χ4v) is 8.11. The summed E-state index contributed by atoms with van der Waals surface area (Å²) in [6, 6.07) is 41.2. The molecule has 0 bridgehead atoms. The van der Waals surface area contributed by atoms with Gasteiger partial charge in [0.1, 0.15) is 5.82 Å². The number of aromatic nitrogens is 2. The first-order chi connectivity index (χ1) is 28.2. The lowest BCUT2D eigenvalue weighted by atomic mass is 9.99. The highest BCUT2D eigenvalue weighted by Crippen LogP contribution is 2.50. The molecule has 290 valence electrons. The zero-order chi connectivity index (χ0) is 40.6. The number of hydrogen-bond donors (Lipinski definition) is 0. The van der Waals surface area contributed by atoms with Gasteiger partial charge in [0.05, 0.1) is 66.3 Å². The second kappa shape index (κ2) is 16.2. The van der Waals surface area contributed by atoms with Crippen LogP contribution in [0.3, 0.4) is 0 Å². The highest BCUT2D eigenvalue weighted by Gasteiger charge is 2.47. The number of imidazole rings is 1. The predicted molar refractivity (Wildman–Crippen MR) is 234 cm³/mol.